The van der Waals surface area contributed by atoms with Crippen LogP contribution in [0.25, 0.3) is 0 Å². The van der Waals surface area contributed by atoms with Gasteiger partial charge in [-0.1, -0.05) is 29.8 Å². The molecule has 0 aliphatic carbocycles. The summed E-state index contributed by atoms with van der Waals surface area (Å²) >= 11 is 0. The molecule has 0 spiro atoms. The molecule has 156 valence electrons. The van der Waals surface area contributed by atoms with Gasteiger partial charge in [0.2, 0.25) is 0 Å². The van der Waals surface area contributed by atoms with Gasteiger partial charge < -0.3 is 14.8 Å². The van der Waals surface area contributed by atoms with E-state index in [4.69, 9.17) is 9.47 Å². The smallest absolute Gasteiger partial charge is 0.251 e. The van der Waals surface area contributed by atoms with E-state index in [-0.39, 0.29) is 11.9 Å². The summed E-state index contributed by atoms with van der Waals surface area (Å²) < 4.78 is 11.6. The summed E-state index contributed by atoms with van der Waals surface area (Å²) in [4.78, 5) is 16.9. The van der Waals surface area contributed by atoms with Crippen molar-refractivity contribution in [1.29, 1.82) is 0 Å². The predicted octanol–water partition coefficient (Wildman–Crippen LogP) is 5.17. The molecule has 3 rings (SSSR count). The Labute approximate surface area is 178 Å². The normalized spacial score (nSPS) is 11.6. The van der Waals surface area contributed by atoms with Crippen LogP contribution in [0.15, 0.2) is 60.9 Å². The molecule has 1 amide bonds. The lowest BCUT2D eigenvalue weighted by atomic mass is 9.99. The first-order valence-electron chi connectivity index (χ1n) is 10.1. The maximum atomic E-state index is 12.9. The second-order valence-electron chi connectivity index (χ2n) is 7.30. The number of carbonyl (C=O) groups excluding carboxylic acids is 1. The molecular weight excluding hydrogens is 376 g/mol. The van der Waals surface area contributed by atoms with Crippen molar-refractivity contribution in [3.63, 3.8) is 0 Å². The number of nitrogens with one attached hydrogen (secondary N) is 1. The van der Waals surface area contributed by atoms with E-state index in [1.807, 2.05) is 26.0 Å². The van der Waals surface area contributed by atoms with E-state index < -0.39 is 0 Å². The average molecular weight is 405 g/mol. The molecule has 0 bridgehead atoms. The van der Waals surface area contributed by atoms with Crippen molar-refractivity contribution >= 4 is 5.91 Å². The number of pyridine rings is 1. The molecule has 0 aliphatic heterocycles. The summed E-state index contributed by atoms with van der Waals surface area (Å²) in [6.45, 7) is 8.86. The minimum absolute atomic E-state index is 0.102. The van der Waals surface area contributed by atoms with Crippen molar-refractivity contribution in [1.82, 2.24) is 10.3 Å². The highest BCUT2D eigenvalue weighted by Crippen LogP contribution is 2.30. The van der Waals surface area contributed by atoms with Crippen molar-refractivity contribution in [2.24, 2.45) is 0 Å². The summed E-state index contributed by atoms with van der Waals surface area (Å²) in [7, 11) is 0. The number of nitrogens with zero attached hydrogens (tertiary/aromatic N) is 1. The molecule has 2 aromatic carbocycles. The van der Waals surface area contributed by atoms with E-state index in [9.17, 15) is 4.79 Å². The maximum absolute atomic E-state index is 12.9. The van der Waals surface area contributed by atoms with Crippen LogP contribution in [0.4, 0.5) is 0 Å². The average Bonchev–Trinajstić information content (AvgIpc) is 2.75. The molecule has 3 aromatic rings. The van der Waals surface area contributed by atoms with Crippen LogP contribution >= 0.6 is 0 Å². The molecule has 1 unspecified atom stereocenters. The van der Waals surface area contributed by atoms with Gasteiger partial charge in [0.15, 0.2) is 11.5 Å². The van der Waals surface area contributed by atoms with E-state index >= 15 is 0 Å². The van der Waals surface area contributed by atoms with E-state index in [0.29, 0.717) is 30.3 Å². The van der Waals surface area contributed by atoms with Gasteiger partial charge in [0, 0.05) is 23.5 Å². The number of rotatable bonds is 8. The zero-order chi connectivity index (χ0) is 21.5. The molecule has 1 N–H and O–H groups in total. The van der Waals surface area contributed by atoms with Crippen LogP contribution in [0, 0.1) is 13.8 Å². The van der Waals surface area contributed by atoms with Crippen molar-refractivity contribution in [2.75, 3.05) is 6.61 Å². The number of benzene rings is 2. The van der Waals surface area contributed by atoms with Gasteiger partial charge >= 0.3 is 0 Å². The summed E-state index contributed by atoms with van der Waals surface area (Å²) in [5.41, 5.74) is 4.94. The Morgan fingerprint density at radius 1 is 1.07 bits per heavy atom. The number of aromatic nitrogens is 1. The van der Waals surface area contributed by atoms with E-state index in [2.05, 4.69) is 42.3 Å². The maximum Gasteiger partial charge on any atom is 0.251 e. The van der Waals surface area contributed by atoms with Gasteiger partial charge in [0.1, 0.15) is 6.61 Å². The Morgan fingerprint density at radius 2 is 1.90 bits per heavy atom. The fraction of sp³-hybridized carbons (Fsp3) is 0.280. The summed E-state index contributed by atoms with van der Waals surface area (Å²) in [5, 5.41) is 3.08. The number of hydrogen-bond donors (Lipinski definition) is 1. The Bertz CT molecular complexity index is 1000. The summed E-state index contributed by atoms with van der Waals surface area (Å²) in [5.74, 6) is 0.997. The minimum Gasteiger partial charge on any atom is -0.490 e. The largest absolute Gasteiger partial charge is 0.490 e. The summed E-state index contributed by atoms with van der Waals surface area (Å²) in [6, 6.07) is 15.2. The number of carbonyl (C=O) groups is 1. The zero-order valence-corrected chi connectivity index (χ0v) is 17.9. The highest BCUT2D eigenvalue weighted by molar-refractivity contribution is 5.95. The highest BCUT2D eigenvalue weighted by Gasteiger charge is 2.16. The van der Waals surface area contributed by atoms with Crippen molar-refractivity contribution in [3.8, 4) is 11.5 Å². The third-order valence-electron chi connectivity index (χ3n) is 4.87. The predicted molar refractivity (Wildman–Crippen MR) is 118 cm³/mol. The molecule has 1 aromatic heterocycles. The van der Waals surface area contributed by atoms with Crippen molar-refractivity contribution < 1.29 is 14.3 Å². The number of amides is 1. The van der Waals surface area contributed by atoms with Crippen LogP contribution in [-0.2, 0) is 6.61 Å². The van der Waals surface area contributed by atoms with Gasteiger partial charge in [-0.25, -0.2) is 0 Å². The van der Waals surface area contributed by atoms with Crippen molar-refractivity contribution in [3.05, 3.63) is 88.7 Å². The van der Waals surface area contributed by atoms with Gasteiger partial charge in [-0.2, -0.15) is 0 Å². The second kappa shape index (κ2) is 9.92. The fourth-order valence-electron chi connectivity index (χ4n) is 3.27. The third-order valence-corrected chi connectivity index (χ3v) is 4.87. The Morgan fingerprint density at radius 3 is 2.63 bits per heavy atom. The van der Waals surface area contributed by atoms with Crippen LogP contribution in [0.5, 0.6) is 11.5 Å². The van der Waals surface area contributed by atoms with Crippen LogP contribution in [0.1, 0.15) is 52.5 Å². The van der Waals surface area contributed by atoms with E-state index in [1.54, 1.807) is 30.6 Å². The fourth-order valence-corrected chi connectivity index (χ4v) is 3.27. The third kappa shape index (κ3) is 5.38. The first-order chi connectivity index (χ1) is 14.5. The lowest BCUT2D eigenvalue weighted by Gasteiger charge is -2.18. The lowest BCUT2D eigenvalue weighted by Crippen LogP contribution is -2.27. The van der Waals surface area contributed by atoms with Gasteiger partial charge in [-0.05, 0) is 63.1 Å². The van der Waals surface area contributed by atoms with E-state index in [0.717, 1.165) is 16.7 Å². The van der Waals surface area contributed by atoms with Gasteiger partial charge in [0.05, 0.1) is 12.6 Å². The minimum atomic E-state index is -0.150. The number of hydrogen-bond acceptors (Lipinski definition) is 4. The molecule has 0 saturated carbocycles. The van der Waals surface area contributed by atoms with Gasteiger partial charge in [0.25, 0.3) is 5.91 Å². The SMILES string of the molecule is CCOc1cc(C(=O)NC(C)c2cc(C)ccc2C)ccc1OCc1cccnc1. The first-order valence-corrected chi connectivity index (χ1v) is 10.1. The van der Waals surface area contributed by atoms with Crippen LogP contribution in [0.3, 0.4) is 0 Å². The standard InChI is InChI=1S/C25H28N2O3/c1-5-29-24-14-21(10-11-23(24)30-16-20-7-6-12-26-15-20)25(28)27-19(4)22-13-17(2)8-9-18(22)3/h6-15,19H,5,16H2,1-4H3,(H,27,28). The van der Waals surface area contributed by atoms with E-state index in [1.165, 1.54) is 5.56 Å². The zero-order valence-electron chi connectivity index (χ0n) is 17.9. The Hall–Kier alpha value is -3.34. The van der Waals surface area contributed by atoms with Gasteiger partial charge in [-0.15, -0.1) is 0 Å². The molecule has 30 heavy (non-hydrogen) atoms. The number of ether oxygens (including phenoxy) is 2. The molecule has 1 heterocycles. The Balaban J connectivity index is 1.74. The molecular formula is C25H28N2O3. The molecule has 1 atom stereocenters. The quantitative estimate of drug-likeness (QED) is 0.563. The van der Waals surface area contributed by atoms with Gasteiger partial charge in [-0.3, -0.25) is 9.78 Å². The Kier molecular flexibility index (Phi) is 7.07. The van der Waals surface area contributed by atoms with Crippen molar-refractivity contribution in [2.45, 2.75) is 40.3 Å². The molecule has 0 fully saturated rings. The van der Waals surface area contributed by atoms with Crippen LogP contribution < -0.4 is 14.8 Å². The summed E-state index contributed by atoms with van der Waals surface area (Å²) in [6.07, 6.45) is 3.48. The molecule has 0 aliphatic rings. The first kappa shape index (κ1) is 21.4. The second-order valence-corrected chi connectivity index (χ2v) is 7.30. The molecule has 5 nitrogen and oxygen atoms in total. The molecule has 0 saturated heterocycles. The topological polar surface area (TPSA) is 60.5 Å². The lowest BCUT2D eigenvalue weighted by molar-refractivity contribution is 0.0939. The van der Waals surface area contributed by atoms with Crippen LogP contribution in [0.2, 0.25) is 0 Å². The molecule has 0 radical (unpaired) electrons. The van der Waals surface area contributed by atoms with Crippen LogP contribution in [-0.4, -0.2) is 17.5 Å². The molecule has 5 heteroatoms. The monoisotopic (exact) mass is 404 g/mol. The number of aryl methyl sites for hydroxylation is 2. The highest BCUT2D eigenvalue weighted by atomic mass is 16.5.